The second kappa shape index (κ2) is 7.04. The first-order valence-corrected chi connectivity index (χ1v) is 9.39. The van der Waals surface area contributed by atoms with E-state index in [0.717, 1.165) is 0 Å². The Morgan fingerprint density at radius 3 is 2.28 bits per heavy atom. The monoisotopic (exact) mass is 370 g/mol. The summed E-state index contributed by atoms with van der Waals surface area (Å²) in [5, 5.41) is 0. The van der Waals surface area contributed by atoms with E-state index in [1.54, 1.807) is 0 Å². The molecule has 0 saturated heterocycles. The molecule has 2 heteroatoms. The molecule has 0 saturated carbocycles. The minimum absolute atomic E-state index is 0.241. The molecule has 18 heavy (non-hydrogen) atoms. The van der Waals surface area contributed by atoms with Crippen molar-refractivity contribution in [2.75, 3.05) is 6.26 Å². The fraction of sp³-hybridized carbons (Fsp3) is 0.125. The van der Waals surface area contributed by atoms with Gasteiger partial charge in [-0.25, -0.2) is 0 Å². The Labute approximate surface area is 124 Å². The van der Waals surface area contributed by atoms with Gasteiger partial charge in [0.15, 0.2) is 0 Å². The van der Waals surface area contributed by atoms with Crippen molar-refractivity contribution in [3.8, 4) is 0 Å². The maximum absolute atomic E-state index is 2.33. The van der Waals surface area contributed by atoms with E-state index in [2.05, 4.69) is 73.9 Å². The Morgan fingerprint density at radius 2 is 1.67 bits per heavy atom. The Balaban J connectivity index is 2.15. The van der Waals surface area contributed by atoms with E-state index >= 15 is 0 Å². The summed E-state index contributed by atoms with van der Waals surface area (Å²) in [5.74, 6) is 0. The van der Waals surface area contributed by atoms with Gasteiger partial charge in [-0.2, -0.15) is 0 Å². The first-order valence-electron chi connectivity index (χ1n) is 5.83. The number of rotatable bonds is 4. The first kappa shape index (κ1) is 13.7. The fourth-order valence-corrected chi connectivity index (χ4v) is 5.29. The molecule has 2 aromatic rings. The average Bonchev–Trinajstić information content (AvgIpc) is 2.41. The van der Waals surface area contributed by atoms with Gasteiger partial charge in [-0.15, -0.1) is 0 Å². The third-order valence-electron chi connectivity index (χ3n) is 2.52. The zero-order valence-electron chi connectivity index (χ0n) is 10.6. The van der Waals surface area contributed by atoms with Gasteiger partial charge in [-0.3, -0.25) is 0 Å². The van der Waals surface area contributed by atoms with E-state index in [-0.39, 0.29) is 20.9 Å². The van der Waals surface area contributed by atoms with Crippen molar-refractivity contribution in [1.29, 1.82) is 0 Å². The maximum atomic E-state index is 2.33. The summed E-state index contributed by atoms with van der Waals surface area (Å²) in [6.45, 7) is 2.13. The van der Waals surface area contributed by atoms with Crippen LogP contribution in [0.1, 0.15) is 11.1 Å². The quantitative estimate of drug-likeness (QED) is 0.743. The van der Waals surface area contributed by atoms with E-state index in [4.69, 9.17) is 0 Å². The number of thioether (sulfide) groups is 1. The average molecular weight is 368 g/mol. The molecule has 0 aliphatic rings. The van der Waals surface area contributed by atoms with Crippen molar-refractivity contribution in [2.24, 2.45) is 0 Å². The van der Waals surface area contributed by atoms with Crippen LogP contribution >= 0.6 is 11.8 Å². The van der Waals surface area contributed by atoms with E-state index in [9.17, 15) is 0 Å². The molecule has 2 rings (SSSR count). The van der Waals surface area contributed by atoms with Gasteiger partial charge in [-0.1, -0.05) is 0 Å². The van der Waals surface area contributed by atoms with Gasteiger partial charge in [-0.05, 0) is 0 Å². The second-order valence-electron chi connectivity index (χ2n) is 3.99. The van der Waals surface area contributed by atoms with Gasteiger partial charge in [0.25, 0.3) is 0 Å². The van der Waals surface area contributed by atoms with Crippen molar-refractivity contribution in [2.45, 2.75) is 6.92 Å². The van der Waals surface area contributed by atoms with Crippen molar-refractivity contribution in [1.82, 2.24) is 0 Å². The molecule has 0 aliphatic carbocycles. The number of hydrogen-bond acceptors (Lipinski definition) is 1. The molecular formula is C16H16STe. The van der Waals surface area contributed by atoms with Crippen LogP contribution < -0.4 is 3.61 Å². The molecule has 0 amide bonds. The van der Waals surface area contributed by atoms with E-state index in [1.165, 1.54) is 17.7 Å². The fourth-order valence-electron chi connectivity index (χ4n) is 1.53. The summed E-state index contributed by atoms with van der Waals surface area (Å²) in [6.07, 6.45) is 4.51. The molecule has 2 aromatic carbocycles. The van der Waals surface area contributed by atoms with Crippen LogP contribution in [0.5, 0.6) is 0 Å². The van der Waals surface area contributed by atoms with Crippen LogP contribution in [-0.2, 0) is 0 Å². The van der Waals surface area contributed by atoms with Crippen molar-refractivity contribution < 1.29 is 0 Å². The predicted molar refractivity (Wildman–Crippen MR) is 84.5 cm³/mol. The number of aryl methyl sites for hydroxylation is 1. The Hall–Kier alpha value is -0.680. The Bertz CT molecular complexity index is 515. The van der Waals surface area contributed by atoms with Gasteiger partial charge in [0, 0.05) is 0 Å². The zero-order valence-corrected chi connectivity index (χ0v) is 13.7. The molecule has 0 atom stereocenters. The number of hydrogen-bond donors (Lipinski definition) is 0. The van der Waals surface area contributed by atoms with Gasteiger partial charge < -0.3 is 0 Å². The summed E-state index contributed by atoms with van der Waals surface area (Å²) < 4.78 is 3.02. The standard InChI is InChI=1S/C16H16STe/c1-13-8-10-14(11-9-13)12-16(17-2)18-15-6-4-3-5-7-15/h3-12H,1-2H3/b16-12-. The third kappa shape index (κ3) is 4.21. The second-order valence-corrected chi connectivity index (χ2v) is 8.83. The van der Waals surface area contributed by atoms with Gasteiger partial charge in [0.05, 0.1) is 0 Å². The van der Waals surface area contributed by atoms with Crippen LogP contribution in [0.2, 0.25) is 0 Å². The molecule has 0 fully saturated rings. The molecule has 0 bridgehead atoms. The van der Waals surface area contributed by atoms with Crippen molar-refractivity contribution in [3.05, 3.63) is 68.7 Å². The first-order chi connectivity index (χ1) is 8.78. The van der Waals surface area contributed by atoms with E-state index in [0.29, 0.717) is 0 Å². The Kier molecular flexibility index (Phi) is 5.38. The predicted octanol–water partition coefficient (Wildman–Crippen LogP) is 3.69. The molecule has 0 unspecified atom stereocenters. The molecule has 92 valence electrons. The van der Waals surface area contributed by atoms with Crippen LogP contribution in [-0.4, -0.2) is 27.2 Å². The third-order valence-corrected chi connectivity index (χ3v) is 7.39. The summed E-state index contributed by atoms with van der Waals surface area (Å²) in [7, 11) is 0. The van der Waals surface area contributed by atoms with Crippen LogP contribution in [0.3, 0.4) is 0 Å². The molecule has 0 aliphatic heterocycles. The van der Waals surface area contributed by atoms with E-state index in [1.807, 2.05) is 11.8 Å². The van der Waals surface area contributed by atoms with E-state index < -0.39 is 0 Å². The van der Waals surface area contributed by atoms with Crippen LogP contribution in [0.15, 0.2) is 57.6 Å². The molecule has 0 nitrogen and oxygen atoms in total. The minimum atomic E-state index is -0.241. The summed E-state index contributed by atoms with van der Waals surface area (Å²) in [5.41, 5.74) is 2.63. The molecule has 0 N–H and O–H groups in total. The molecule has 0 radical (unpaired) electrons. The molecule has 0 aromatic heterocycles. The normalized spacial score (nSPS) is 11.6. The zero-order chi connectivity index (χ0) is 12.8. The summed E-state index contributed by atoms with van der Waals surface area (Å²) in [6, 6.07) is 19.6. The molecular weight excluding hydrogens is 352 g/mol. The van der Waals surface area contributed by atoms with Crippen molar-refractivity contribution >= 4 is 42.4 Å². The van der Waals surface area contributed by atoms with Gasteiger partial charge >= 0.3 is 124 Å². The SMILES string of the molecule is CS/C(=C/c1ccc(C)cc1)[Te]c1ccccc1. The molecule has 0 heterocycles. The van der Waals surface area contributed by atoms with Gasteiger partial charge in [0.2, 0.25) is 0 Å². The summed E-state index contributed by atoms with van der Waals surface area (Å²) >= 11 is 1.64. The van der Waals surface area contributed by atoms with Gasteiger partial charge in [0.1, 0.15) is 0 Å². The van der Waals surface area contributed by atoms with Crippen molar-refractivity contribution in [3.63, 3.8) is 0 Å². The topological polar surface area (TPSA) is 0 Å². The Morgan fingerprint density at radius 1 is 1.00 bits per heavy atom. The van der Waals surface area contributed by atoms with Crippen LogP contribution in [0.25, 0.3) is 6.08 Å². The molecule has 0 spiro atoms. The summed E-state index contributed by atoms with van der Waals surface area (Å²) in [4.78, 5) is 0. The van der Waals surface area contributed by atoms with Crippen LogP contribution in [0, 0.1) is 6.92 Å². The number of benzene rings is 2. The van der Waals surface area contributed by atoms with Crippen LogP contribution in [0.4, 0.5) is 0 Å².